The van der Waals surface area contributed by atoms with Gasteiger partial charge in [-0.1, -0.05) is 6.92 Å². The van der Waals surface area contributed by atoms with Crippen molar-refractivity contribution in [1.82, 2.24) is 9.80 Å². The lowest BCUT2D eigenvalue weighted by Gasteiger charge is -2.39. The summed E-state index contributed by atoms with van der Waals surface area (Å²) in [4.78, 5) is 16.2. The summed E-state index contributed by atoms with van der Waals surface area (Å²) >= 11 is 0. The number of hydrogen-bond donors (Lipinski definition) is 1. The molecule has 3 rings (SSSR count). The Morgan fingerprint density at radius 2 is 1.85 bits per heavy atom. The topological polar surface area (TPSA) is 43.8 Å². The lowest BCUT2D eigenvalue weighted by molar-refractivity contribution is -0.138. The third kappa shape index (κ3) is 3.34. The number of hydrogen-bond acceptors (Lipinski definition) is 3. The third-order valence-electron chi connectivity index (χ3n) is 5.57. The van der Waals surface area contributed by atoms with Gasteiger partial charge in [0.2, 0.25) is 0 Å². The second kappa shape index (κ2) is 6.02. The summed E-state index contributed by atoms with van der Waals surface area (Å²) in [5, 5.41) is 8.97. The standard InChI is InChI=1S/C16H28N2O2/c1-12(9-16(19)20)13-3-2-7-17(10-13)15-6-8-18(11-15)14-4-5-14/h12-15H,2-11H2,1H3,(H,19,20). The van der Waals surface area contributed by atoms with Crippen molar-refractivity contribution in [2.75, 3.05) is 26.2 Å². The van der Waals surface area contributed by atoms with Crippen LogP contribution in [0.15, 0.2) is 0 Å². The molecule has 0 aromatic rings. The molecule has 0 radical (unpaired) electrons. The van der Waals surface area contributed by atoms with Gasteiger partial charge in [-0.25, -0.2) is 0 Å². The maximum absolute atomic E-state index is 10.9. The quantitative estimate of drug-likeness (QED) is 0.837. The molecule has 114 valence electrons. The van der Waals surface area contributed by atoms with Crippen LogP contribution in [0.25, 0.3) is 0 Å². The Hall–Kier alpha value is -0.610. The van der Waals surface area contributed by atoms with Crippen molar-refractivity contribution >= 4 is 5.97 Å². The minimum atomic E-state index is -0.643. The molecule has 3 fully saturated rings. The van der Waals surface area contributed by atoms with Gasteiger partial charge in [-0.2, -0.15) is 0 Å². The molecule has 2 heterocycles. The Kier molecular flexibility index (Phi) is 4.32. The molecule has 1 aliphatic carbocycles. The molecule has 0 spiro atoms. The molecule has 4 nitrogen and oxygen atoms in total. The van der Waals surface area contributed by atoms with E-state index < -0.39 is 5.97 Å². The number of rotatable bonds is 5. The fourth-order valence-corrected chi connectivity index (χ4v) is 4.12. The van der Waals surface area contributed by atoms with E-state index in [1.807, 2.05) is 0 Å². The van der Waals surface area contributed by atoms with Crippen LogP contribution >= 0.6 is 0 Å². The van der Waals surface area contributed by atoms with Gasteiger partial charge in [-0.3, -0.25) is 14.6 Å². The first-order chi connectivity index (χ1) is 9.63. The Bertz CT molecular complexity index is 356. The van der Waals surface area contributed by atoms with Gasteiger partial charge in [0.1, 0.15) is 0 Å². The van der Waals surface area contributed by atoms with Crippen molar-refractivity contribution in [3.8, 4) is 0 Å². The monoisotopic (exact) mass is 280 g/mol. The number of carboxylic acid groups (broad SMARTS) is 1. The van der Waals surface area contributed by atoms with E-state index in [9.17, 15) is 4.79 Å². The van der Waals surface area contributed by atoms with Crippen molar-refractivity contribution in [2.24, 2.45) is 11.8 Å². The van der Waals surface area contributed by atoms with Crippen LogP contribution < -0.4 is 0 Å². The van der Waals surface area contributed by atoms with Crippen LogP contribution in [0.1, 0.15) is 45.4 Å². The average molecular weight is 280 g/mol. The predicted molar refractivity (Wildman–Crippen MR) is 78.7 cm³/mol. The second-order valence-electron chi connectivity index (χ2n) is 7.14. The molecule has 4 heteroatoms. The van der Waals surface area contributed by atoms with E-state index in [1.54, 1.807) is 0 Å². The van der Waals surface area contributed by atoms with Gasteiger partial charge in [0.15, 0.2) is 0 Å². The zero-order valence-corrected chi connectivity index (χ0v) is 12.6. The van der Waals surface area contributed by atoms with E-state index in [-0.39, 0.29) is 0 Å². The van der Waals surface area contributed by atoms with Crippen LogP contribution in [-0.4, -0.2) is 59.1 Å². The smallest absolute Gasteiger partial charge is 0.303 e. The Balaban J connectivity index is 1.51. The molecule has 2 aliphatic heterocycles. The van der Waals surface area contributed by atoms with E-state index in [2.05, 4.69) is 16.7 Å². The maximum atomic E-state index is 10.9. The van der Waals surface area contributed by atoms with Gasteiger partial charge in [-0.15, -0.1) is 0 Å². The molecule has 0 amide bonds. The lowest BCUT2D eigenvalue weighted by atomic mass is 9.84. The van der Waals surface area contributed by atoms with Crippen LogP contribution in [0, 0.1) is 11.8 Å². The van der Waals surface area contributed by atoms with Crippen molar-refractivity contribution < 1.29 is 9.90 Å². The van der Waals surface area contributed by atoms with E-state index in [0.717, 1.165) is 18.6 Å². The molecule has 1 saturated carbocycles. The molecular weight excluding hydrogens is 252 g/mol. The van der Waals surface area contributed by atoms with E-state index in [4.69, 9.17) is 5.11 Å². The molecule has 0 bridgehead atoms. The van der Waals surface area contributed by atoms with Gasteiger partial charge >= 0.3 is 5.97 Å². The zero-order valence-electron chi connectivity index (χ0n) is 12.6. The Morgan fingerprint density at radius 3 is 2.55 bits per heavy atom. The minimum absolute atomic E-state index is 0.316. The Morgan fingerprint density at radius 1 is 1.10 bits per heavy atom. The highest BCUT2D eigenvalue weighted by Gasteiger charge is 2.38. The molecule has 0 aromatic heterocycles. The number of carboxylic acids is 1. The number of piperidine rings is 1. The van der Waals surface area contributed by atoms with Gasteiger partial charge < -0.3 is 5.11 Å². The lowest BCUT2D eigenvalue weighted by Crippen LogP contribution is -2.45. The van der Waals surface area contributed by atoms with Crippen molar-refractivity contribution in [3.63, 3.8) is 0 Å². The first kappa shape index (κ1) is 14.3. The van der Waals surface area contributed by atoms with Crippen molar-refractivity contribution in [3.05, 3.63) is 0 Å². The normalized spacial score (nSPS) is 34.2. The number of likely N-dealkylation sites (tertiary alicyclic amines) is 2. The summed E-state index contributed by atoms with van der Waals surface area (Å²) in [6.45, 7) is 7.00. The number of nitrogens with zero attached hydrogens (tertiary/aromatic N) is 2. The highest BCUT2D eigenvalue weighted by molar-refractivity contribution is 5.67. The van der Waals surface area contributed by atoms with Gasteiger partial charge in [-0.05, 0) is 50.5 Å². The fourth-order valence-electron chi connectivity index (χ4n) is 4.12. The Labute approximate surface area is 122 Å². The minimum Gasteiger partial charge on any atom is -0.481 e. The van der Waals surface area contributed by atoms with Crippen LogP contribution in [0.4, 0.5) is 0 Å². The summed E-state index contributed by atoms with van der Waals surface area (Å²) in [5.74, 6) is 0.251. The molecule has 0 aromatic carbocycles. The number of aliphatic carboxylic acids is 1. The SMILES string of the molecule is CC(CC(=O)O)C1CCCN(C2CCN(C3CC3)C2)C1. The molecule has 3 aliphatic rings. The number of carbonyl (C=O) groups is 1. The fraction of sp³-hybridized carbons (Fsp3) is 0.938. The molecule has 1 N–H and O–H groups in total. The van der Waals surface area contributed by atoms with Gasteiger partial charge in [0.25, 0.3) is 0 Å². The van der Waals surface area contributed by atoms with Gasteiger partial charge in [0.05, 0.1) is 0 Å². The summed E-state index contributed by atoms with van der Waals surface area (Å²) in [7, 11) is 0. The van der Waals surface area contributed by atoms with Crippen LogP contribution in [0.3, 0.4) is 0 Å². The highest BCUT2D eigenvalue weighted by atomic mass is 16.4. The zero-order chi connectivity index (χ0) is 14.1. The first-order valence-corrected chi connectivity index (χ1v) is 8.33. The molecule has 2 saturated heterocycles. The maximum Gasteiger partial charge on any atom is 0.303 e. The summed E-state index contributed by atoms with van der Waals surface area (Å²) in [5.41, 5.74) is 0. The molecule has 20 heavy (non-hydrogen) atoms. The predicted octanol–water partition coefficient (Wildman–Crippen LogP) is 2.05. The average Bonchev–Trinajstić information content (AvgIpc) is 3.16. The van der Waals surface area contributed by atoms with E-state index in [1.165, 1.54) is 51.7 Å². The first-order valence-electron chi connectivity index (χ1n) is 8.33. The van der Waals surface area contributed by atoms with Crippen molar-refractivity contribution in [1.29, 1.82) is 0 Å². The molecule has 3 atom stereocenters. The largest absolute Gasteiger partial charge is 0.481 e. The molecular formula is C16H28N2O2. The van der Waals surface area contributed by atoms with Crippen LogP contribution in [0.2, 0.25) is 0 Å². The highest BCUT2D eigenvalue weighted by Crippen LogP contribution is 2.33. The van der Waals surface area contributed by atoms with Crippen LogP contribution in [0.5, 0.6) is 0 Å². The third-order valence-corrected chi connectivity index (χ3v) is 5.57. The van der Waals surface area contributed by atoms with Crippen LogP contribution in [-0.2, 0) is 4.79 Å². The summed E-state index contributed by atoms with van der Waals surface area (Å²) in [6, 6.07) is 1.63. The van der Waals surface area contributed by atoms with E-state index in [0.29, 0.717) is 18.3 Å². The summed E-state index contributed by atoms with van der Waals surface area (Å²) in [6.07, 6.45) is 6.92. The molecule has 3 unspecified atom stereocenters. The van der Waals surface area contributed by atoms with Gasteiger partial charge in [0, 0.05) is 38.1 Å². The van der Waals surface area contributed by atoms with E-state index >= 15 is 0 Å². The summed E-state index contributed by atoms with van der Waals surface area (Å²) < 4.78 is 0. The second-order valence-corrected chi connectivity index (χ2v) is 7.14. The van der Waals surface area contributed by atoms with Crippen molar-refractivity contribution in [2.45, 2.75) is 57.5 Å².